The molecule has 0 atom stereocenters. The van der Waals surface area contributed by atoms with Gasteiger partial charge in [0, 0.05) is 25.7 Å². The number of carbonyl (C=O) groups is 2. The van der Waals surface area contributed by atoms with E-state index in [9.17, 15) is 14.4 Å². The number of rotatable bonds is 13. The molecule has 34 heavy (non-hydrogen) atoms. The van der Waals surface area contributed by atoms with Crippen molar-refractivity contribution in [2.45, 2.75) is 25.7 Å². The van der Waals surface area contributed by atoms with Crippen molar-refractivity contribution < 1.29 is 24.5 Å². The molecule has 1 saturated heterocycles. The molecule has 1 fully saturated rings. The van der Waals surface area contributed by atoms with Crippen LogP contribution < -0.4 is 10.9 Å². The lowest BCUT2D eigenvalue weighted by Gasteiger charge is -2.14. The molecule has 3 heterocycles. The molecule has 1 aliphatic rings. The largest absolute Gasteiger partial charge is 0.481 e. The number of unbranched alkanes of at least 4 members (excludes halogenated alkanes) is 2. The quantitative estimate of drug-likeness (QED) is 0.210. The van der Waals surface area contributed by atoms with E-state index in [0.29, 0.717) is 59.6 Å². The summed E-state index contributed by atoms with van der Waals surface area (Å²) in [7, 11) is 0. The number of carboxylic acids is 1. The molecule has 1 aliphatic heterocycles. The number of carbonyl (C=O) groups excluding carboxylic acids is 1. The third kappa shape index (κ3) is 6.63. The maximum Gasteiger partial charge on any atom is 0.303 e. The van der Waals surface area contributed by atoms with Crippen molar-refractivity contribution >= 4 is 57.7 Å². The first-order chi connectivity index (χ1) is 16.4. The Bertz CT molecular complexity index is 1150. The summed E-state index contributed by atoms with van der Waals surface area (Å²) in [5.41, 5.74) is 0.355. The number of fused-ring (bicyclic) bond motifs is 1. The lowest BCUT2D eigenvalue weighted by Crippen LogP contribution is -2.29. The summed E-state index contributed by atoms with van der Waals surface area (Å²) in [5, 5.41) is 20.6. The molecule has 0 bridgehead atoms. The fourth-order valence-electron chi connectivity index (χ4n) is 3.32. The van der Waals surface area contributed by atoms with Gasteiger partial charge >= 0.3 is 5.97 Å². The monoisotopic (exact) mass is 506 g/mol. The van der Waals surface area contributed by atoms with Crippen LogP contribution in [0.15, 0.2) is 34.1 Å². The Morgan fingerprint density at radius 2 is 2.06 bits per heavy atom. The number of hydrogen-bond donors (Lipinski definition) is 3. The van der Waals surface area contributed by atoms with Crippen molar-refractivity contribution in [3.63, 3.8) is 0 Å². The van der Waals surface area contributed by atoms with Gasteiger partial charge in [0.15, 0.2) is 0 Å². The topological polar surface area (TPSA) is 133 Å². The minimum atomic E-state index is -0.840. The minimum Gasteiger partial charge on any atom is -0.481 e. The molecule has 2 aromatic heterocycles. The number of carboxylic acid groups (broad SMARTS) is 1. The van der Waals surface area contributed by atoms with Gasteiger partial charge in [0.25, 0.3) is 11.5 Å². The molecule has 0 saturated carbocycles. The van der Waals surface area contributed by atoms with Crippen molar-refractivity contribution in [3.8, 4) is 0 Å². The fraction of sp³-hybridized carbons (Fsp3) is 0.409. The number of thiocarbonyl (C=S) groups is 1. The van der Waals surface area contributed by atoms with Gasteiger partial charge in [-0.15, -0.1) is 0 Å². The first kappa shape index (κ1) is 25.8. The summed E-state index contributed by atoms with van der Waals surface area (Å²) in [6.07, 6.45) is 5.06. The van der Waals surface area contributed by atoms with E-state index in [1.165, 1.54) is 15.4 Å². The van der Waals surface area contributed by atoms with Crippen LogP contribution in [0.2, 0.25) is 0 Å². The zero-order valence-corrected chi connectivity index (χ0v) is 20.1. The van der Waals surface area contributed by atoms with Crippen LogP contribution in [0.4, 0.5) is 5.82 Å². The van der Waals surface area contributed by atoms with Crippen LogP contribution in [0.3, 0.4) is 0 Å². The van der Waals surface area contributed by atoms with E-state index in [1.54, 1.807) is 24.4 Å². The number of hydrogen-bond acceptors (Lipinski definition) is 9. The van der Waals surface area contributed by atoms with E-state index in [0.717, 1.165) is 11.8 Å². The van der Waals surface area contributed by atoms with Crippen LogP contribution in [0.25, 0.3) is 11.7 Å². The summed E-state index contributed by atoms with van der Waals surface area (Å²) in [4.78, 5) is 43.1. The van der Waals surface area contributed by atoms with Crippen molar-refractivity contribution in [3.05, 3.63) is 45.2 Å². The van der Waals surface area contributed by atoms with Crippen molar-refractivity contribution in [2.75, 3.05) is 38.2 Å². The summed E-state index contributed by atoms with van der Waals surface area (Å²) >= 11 is 6.49. The molecule has 0 spiro atoms. The summed E-state index contributed by atoms with van der Waals surface area (Å²) in [6.45, 7) is 1.18. The standard InChI is InChI=1S/C22H26N4O6S2/c27-11-13-32-12-8-23-19-15(20(30)25-9-5-3-6-17(25)24-19)14-16-21(31)26(22(33)34-16)10-4-1-2-7-18(28)29/h3,5-6,9,14,23,27H,1-2,4,7-8,10-13H2,(H,28,29)/b16-14-. The normalized spacial score (nSPS) is 15.0. The number of anilines is 1. The third-order valence-corrected chi connectivity index (χ3v) is 6.34. The number of nitrogens with zero attached hydrogens (tertiary/aromatic N) is 3. The van der Waals surface area contributed by atoms with Crippen LogP contribution in [0, 0.1) is 0 Å². The SMILES string of the molecule is O=C(O)CCCCCN1C(=O)/C(=C/c2c(NCCOCCO)nc3ccccn3c2=O)SC1=S. The molecule has 0 unspecified atom stereocenters. The van der Waals surface area contributed by atoms with Crippen LogP contribution in [0.1, 0.15) is 31.2 Å². The Kier molecular flexibility index (Phi) is 9.57. The molecular weight excluding hydrogens is 480 g/mol. The average Bonchev–Trinajstić information content (AvgIpc) is 3.08. The van der Waals surface area contributed by atoms with E-state index >= 15 is 0 Å². The number of thioether (sulfide) groups is 1. The maximum absolute atomic E-state index is 13.2. The molecule has 3 rings (SSSR count). The molecule has 3 N–H and O–H groups in total. The zero-order valence-electron chi connectivity index (χ0n) is 18.4. The number of pyridine rings is 1. The Morgan fingerprint density at radius 3 is 2.82 bits per heavy atom. The number of amides is 1. The molecule has 2 aromatic rings. The minimum absolute atomic E-state index is 0.0811. The summed E-state index contributed by atoms with van der Waals surface area (Å²) < 4.78 is 7.06. The number of ether oxygens (including phenoxy) is 1. The molecule has 10 nitrogen and oxygen atoms in total. The highest BCUT2D eigenvalue weighted by Crippen LogP contribution is 2.33. The van der Waals surface area contributed by atoms with Gasteiger partial charge in [-0.2, -0.15) is 0 Å². The lowest BCUT2D eigenvalue weighted by atomic mass is 10.2. The highest BCUT2D eigenvalue weighted by molar-refractivity contribution is 8.26. The molecule has 1 amide bonds. The number of nitrogens with one attached hydrogen (secondary N) is 1. The number of aliphatic hydroxyl groups excluding tert-OH is 1. The Hall–Kier alpha value is -2.80. The Morgan fingerprint density at radius 1 is 1.24 bits per heavy atom. The van der Waals surface area contributed by atoms with E-state index in [-0.39, 0.29) is 36.7 Å². The highest BCUT2D eigenvalue weighted by atomic mass is 32.2. The molecule has 0 radical (unpaired) electrons. The van der Waals surface area contributed by atoms with Crippen LogP contribution in [-0.4, -0.2) is 73.6 Å². The van der Waals surface area contributed by atoms with Gasteiger partial charge in [-0.1, -0.05) is 36.5 Å². The summed E-state index contributed by atoms with van der Waals surface area (Å²) in [6, 6.07) is 5.21. The zero-order chi connectivity index (χ0) is 24.5. The highest BCUT2D eigenvalue weighted by Gasteiger charge is 2.32. The fourth-order valence-corrected chi connectivity index (χ4v) is 4.61. The predicted molar refractivity (Wildman–Crippen MR) is 134 cm³/mol. The predicted octanol–water partition coefficient (Wildman–Crippen LogP) is 1.96. The van der Waals surface area contributed by atoms with E-state index < -0.39 is 5.97 Å². The Labute approximate surface area is 205 Å². The van der Waals surface area contributed by atoms with Gasteiger partial charge in [-0.3, -0.25) is 23.7 Å². The number of aromatic nitrogens is 2. The van der Waals surface area contributed by atoms with Crippen molar-refractivity contribution in [1.82, 2.24) is 14.3 Å². The van der Waals surface area contributed by atoms with E-state index in [2.05, 4.69) is 10.3 Å². The van der Waals surface area contributed by atoms with Gasteiger partial charge in [-0.25, -0.2) is 4.98 Å². The number of aliphatic carboxylic acids is 1. The second-order valence-corrected chi connectivity index (χ2v) is 9.08. The molecular formula is C22H26N4O6S2. The van der Waals surface area contributed by atoms with Gasteiger partial charge in [0.2, 0.25) is 0 Å². The average molecular weight is 507 g/mol. The second kappa shape index (κ2) is 12.6. The van der Waals surface area contributed by atoms with Crippen LogP contribution in [-0.2, 0) is 14.3 Å². The second-order valence-electron chi connectivity index (χ2n) is 7.41. The van der Waals surface area contributed by atoms with E-state index in [4.69, 9.17) is 27.2 Å². The third-order valence-electron chi connectivity index (χ3n) is 4.96. The summed E-state index contributed by atoms with van der Waals surface area (Å²) in [5.74, 6) is -0.807. The maximum atomic E-state index is 13.2. The van der Waals surface area contributed by atoms with Gasteiger partial charge in [-0.05, 0) is 31.1 Å². The molecule has 0 aliphatic carbocycles. The van der Waals surface area contributed by atoms with Crippen molar-refractivity contribution in [2.24, 2.45) is 0 Å². The van der Waals surface area contributed by atoms with Crippen LogP contribution in [0.5, 0.6) is 0 Å². The van der Waals surface area contributed by atoms with Crippen molar-refractivity contribution in [1.29, 1.82) is 0 Å². The lowest BCUT2D eigenvalue weighted by molar-refractivity contribution is -0.137. The smallest absolute Gasteiger partial charge is 0.303 e. The van der Waals surface area contributed by atoms with Gasteiger partial charge in [0.1, 0.15) is 15.8 Å². The van der Waals surface area contributed by atoms with E-state index in [1.807, 2.05) is 0 Å². The first-order valence-corrected chi connectivity index (χ1v) is 12.1. The van der Waals surface area contributed by atoms with Crippen LogP contribution >= 0.6 is 24.0 Å². The first-order valence-electron chi connectivity index (χ1n) is 10.8. The Balaban J connectivity index is 1.80. The number of aliphatic hydroxyl groups is 1. The van der Waals surface area contributed by atoms with Gasteiger partial charge < -0.3 is 20.3 Å². The molecule has 182 valence electrons. The molecule has 12 heteroatoms. The van der Waals surface area contributed by atoms with Gasteiger partial charge in [0.05, 0.1) is 30.3 Å². The molecule has 0 aromatic carbocycles.